The van der Waals surface area contributed by atoms with Gasteiger partial charge in [-0.25, -0.2) is 4.79 Å². The number of aliphatic carboxylic acids is 1. The van der Waals surface area contributed by atoms with Gasteiger partial charge in [0.2, 0.25) is 0 Å². The Kier molecular flexibility index (Phi) is 5.85. The number of hydrogen-bond donors (Lipinski definition) is 1. The Morgan fingerprint density at radius 1 is 1.22 bits per heavy atom. The lowest BCUT2D eigenvalue weighted by Gasteiger charge is -2.43. The van der Waals surface area contributed by atoms with E-state index in [1.807, 2.05) is 61.5 Å². The van der Waals surface area contributed by atoms with Gasteiger partial charge in [0.1, 0.15) is 5.60 Å². The van der Waals surface area contributed by atoms with Crippen molar-refractivity contribution in [3.05, 3.63) is 70.2 Å². The molecule has 0 unspecified atom stereocenters. The Hall–Kier alpha value is -2.34. The van der Waals surface area contributed by atoms with Crippen molar-refractivity contribution in [1.82, 2.24) is 4.90 Å². The average molecular weight is 432 g/mol. The third-order valence-electron chi connectivity index (χ3n) is 5.14. The van der Waals surface area contributed by atoms with Gasteiger partial charge < -0.3 is 14.7 Å². The lowest BCUT2D eigenvalue weighted by Crippen LogP contribution is -2.48. The van der Waals surface area contributed by atoms with E-state index >= 15 is 0 Å². The second-order valence-corrected chi connectivity index (χ2v) is 7.71. The fourth-order valence-corrected chi connectivity index (χ4v) is 3.78. The van der Waals surface area contributed by atoms with Gasteiger partial charge in [-0.3, -0.25) is 4.79 Å². The van der Waals surface area contributed by atoms with Gasteiger partial charge in [0.05, 0.1) is 6.04 Å². The molecule has 2 atom stereocenters. The summed E-state index contributed by atoms with van der Waals surface area (Å²) in [5.41, 5.74) is 0.968. The highest BCUT2D eigenvalue weighted by atomic mass is 79.9. The first-order valence-corrected chi connectivity index (χ1v) is 9.73. The summed E-state index contributed by atoms with van der Waals surface area (Å²) in [7, 11) is 0. The Labute approximate surface area is 167 Å². The maximum atomic E-state index is 12.9. The molecular formula is C21H22BrNO4. The Balaban J connectivity index is 1.82. The monoisotopic (exact) mass is 431 g/mol. The minimum atomic E-state index is -0.896. The molecule has 1 heterocycles. The zero-order valence-corrected chi connectivity index (χ0v) is 16.7. The van der Waals surface area contributed by atoms with Crippen LogP contribution in [0.3, 0.4) is 0 Å². The minimum Gasteiger partial charge on any atom is -0.481 e. The molecule has 27 heavy (non-hydrogen) atoms. The fourth-order valence-electron chi connectivity index (χ4n) is 3.52. The fraction of sp³-hybridized carbons (Fsp3) is 0.333. The first-order chi connectivity index (χ1) is 12.9. The van der Waals surface area contributed by atoms with Crippen LogP contribution in [0, 0.1) is 0 Å². The average Bonchev–Trinajstić information content (AvgIpc) is 2.67. The van der Waals surface area contributed by atoms with E-state index in [0.717, 1.165) is 15.6 Å². The summed E-state index contributed by atoms with van der Waals surface area (Å²) in [6, 6.07) is 17.2. The number of hydrogen-bond acceptors (Lipinski definition) is 3. The highest BCUT2D eigenvalue weighted by Crippen LogP contribution is 2.40. The molecule has 0 spiro atoms. The van der Waals surface area contributed by atoms with Gasteiger partial charge >= 0.3 is 12.1 Å². The Morgan fingerprint density at radius 3 is 2.48 bits per heavy atom. The number of carbonyl (C=O) groups is 2. The Morgan fingerprint density at radius 2 is 1.89 bits per heavy atom. The quantitative estimate of drug-likeness (QED) is 0.689. The van der Waals surface area contributed by atoms with Crippen LogP contribution >= 0.6 is 15.9 Å². The molecule has 3 rings (SSSR count). The lowest BCUT2D eigenvalue weighted by atomic mass is 9.84. The summed E-state index contributed by atoms with van der Waals surface area (Å²) in [4.78, 5) is 25.7. The first-order valence-electron chi connectivity index (χ1n) is 8.94. The summed E-state index contributed by atoms with van der Waals surface area (Å²) in [5, 5.41) is 9.13. The van der Waals surface area contributed by atoms with Crippen molar-refractivity contribution in [3.8, 4) is 0 Å². The van der Waals surface area contributed by atoms with Crippen molar-refractivity contribution in [2.75, 3.05) is 6.54 Å². The number of ether oxygens (including phenoxy) is 1. The molecule has 1 aliphatic heterocycles. The van der Waals surface area contributed by atoms with Crippen LogP contribution in [0.25, 0.3) is 0 Å². The van der Waals surface area contributed by atoms with Crippen LogP contribution in [-0.4, -0.2) is 28.6 Å². The molecule has 0 aromatic heterocycles. The van der Waals surface area contributed by atoms with Gasteiger partial charge in [0.25, 0.3) is 0 Å². The van der Waals surface area contributed by atoms with Gasteiger partial charge in [-0.15, -0.1) is 0 Å². The summed E-state index contributed by atoms with van der Waals surface area (Å²) in [6.07, 6.45) is 0.353. The van der Waals surface area contributed by atoms with E-state index < -0.39 is 17.7 Å². The van der Waals surface area contributed by atoms with Crippen molar-refractivity contribution in [3.63, 3.8) is 0 Å². The van der Waals surface area contributed by atoms with E-state index in [4.69, 9.17) is 9.84 Å². The molecule has 0 aliphatic carbocycles. The van der Waals surface area contributed by atoms with E-state index in [1.54, 1.807) is 4.90 Å². The first kappa shape index (κ1) is 19.4. The molecule has 0 saturated carbocycles. The molecule has 142 valence electrons. The number of carboxylic acids is 1. The van der Waals surface area contributed by atoms with Crippen LogP contribution in [0.2, 0.25) is 0 Å². The van der Waals surface area contributed by atoms with Gasteiger partial charge in [-0.1, -0.05) is 58.4 Å². The smallest absolute Gasteiger partial charge is 0.411 e. The highest BCUT2D eigenvalue weighted by Gasteiger charge is 2.43. The second-order valence-electron chi connectivity index (χ2n) is 6.79. The molecule has 0 radical (unpaired) electrons. The Bertz CT molecular complexity index is 809. The predicted molar refractivity (Wildman–Crippen MR) is 105 cm³/mol. The molecule has 2 aromatic carbocycles. The predicted octanol–water partition coefficient (Wildman–Crippen LogP) is 5.11. The van der Waals surface area contributed by atoms with E-state index in [-0.39, 0.29) is 18.9 Å². The molecule has 6 heteroatoms. The number of rotatable bonds is 6. The van der Waals surface area contributed by atoms with Crippen molar-refractivity contribution < 1.29 is 19.4 Å². The van der Waals surface area contributed by atoms with Crippen molar-refractivity contribution in [1.29, 1.82) is 0 Å². The normalized spacial score (nSPS) is 20.8. The molecule has 1 aliphatic rings. The molecule has 5 nitrogen and oxygen atoms in total. The van der Waals surface area contributed by atoms with E-state index in [0.29, 0.717) is 13.0 Å². The van der Waals surface area contributed by atoms with E-state index in [9.17, 15) is 9.59 Å². The third-order valence-corrected chi connectivity index (χ3v) is 5.66. The van der Waals surface area contributed by atoms with Crippen LogP contribution in [0.15, 0.2) is 59.1 Å². The summed E-state index contributed by atoms with van der Waals surface area (Å²) < 4.78 is 6.89. The van der Waals surface area contributed by atoms with Crippen molar-refractivity contribution in [2.24, 2.45) is 0 Å². The standard InChI is InChI=1S/C21H22BrNO4/c1-15(16-7-9-18(22)10-8-16)23-14-13-21(27-20(23)26,12-11-19(24)25)17-5-3-2-4-6-17/h2-10,15H,11-14H2,1H3,(H,24,25)/t15-,21-/m0/s1. The van der Waals surface area contributed by atoms with E-state index in [2.05, 4.69) is 15.9 Å². The van der Waals surface area contributed by atoms with Crippen LogP contribution in [0.4, 0.5) is 4.79 Å². The molecule has 0 bridgehead atoms. The molecule has 2 aromatic rings. The number of nitrogens with zero attached hydrogens (tertiary/aromatic N) is 1. The molecular weight excluding hydrogens is 410 g/mol. The number of benzene rings is 2. The molecule has 1 N–H and O–H groups in total. The van der Waals surface area contributed by atoms with Crippen molar-refractivity contribution in [2.45, 2.75) is 37.8 Å². The number of amides is 1. The largest absolute Gasteiger partial charge is 0.481 e. The number of halogens is 1. The minimum absolute atomic E-state index is 0.0512. The maximum absolute atomic E-state index is 12.9. The zero-order valence-electron chi connectivity index (χ0n) is 15.1. The van der Waals surface area contributed by atoms with Crippen LogP contribution in [0.5, 0.6) is 0 Å². The third kappa shape index (κ3) is 4.33. The molecule has 1 fully saturated rings. The summed E-state index contributed by atoms with van der Waals surface area (Å²) >= 11 is 3.42. The topological polar surface area (TPSA) is 66.8 Å². The van der Waals surface area contributed by atoms with E-state index in [1.165, 1.54) is 0 Å². The lowest BCUT2D eigenvalue weighted by molar-refractivity contribution is -0.139. The zero-order chi connectivity index (χ0) is 19.4. The number of cyclic esters (lactones) is 1. The van der Waals surface area contributed by atoms with Crippen molar-refractivity contribution >= 4 is 28.0 Å². The summed E-state index contributed by atoms with van der Waals surface area (Å²) in [6.45, 7) is 2.47. The van der Waals surface area contributed by atoms with Crippen LogP contribution in [0.1, 0.15) is 43.4 Å². The molecule has 1 amide bonds. The SMILES string of the molecule is C[C@@H](c1ccc(Br)cc1)N1CC[C@@](CCC(=O)O)(c2ccccc2)OC1=O. The maximum Gasteiger partial charge on any atom is 0.411 e. The van der Waals surface area contributed by atoms with Gasteiger partial charge in [0, 0.05) is 30.3 Å². The molecule has 1 saturated heterocycles. The van der Waals surface area contributed by atoms with Gasteiger partial charge in [-0.2, -0.15) is 0 Å². The van der Waals surface area contributed by atoms with Crippen LogP contribution < -0.4 is 0 Å². The van der Waals surface area contributed by atoms with Gasteiger partial charge in [0.15, 0.2) is 0 Å². The second kappa shape index (κ2) is 8.13. The van der Waals surface area contributed by atoms with Gasteiger partial charge in [-0.05, 0) is 30.2 Å². The van der Waals surface area contributed by atoms with Crippen LogP contribution in [-0.2, 0) is 15.1 Å². The summed E-state index contributed by atoms with van der Waals surface area (Å²) in [5.74, 6) is -0.896. The number of carbonyl (C=O) groups excluding carboxylic acids is 1. The number of carboxylic acid groups (broad SMARTS) is 1. The highest BCUT2D eigenvalue weighted by molar-refractivity contribution is 9.10.